The van der Waals surface area contributed by atoms with Crippen molar-refractivity contribution in [1.29, 1.82) is 0 Å². The Morgan fingerprint density at radius 2 is 0.962 bits per heavy atom. The Kier molecular flexibility index (Phi) is 14.0. The summed E-state index contributed by atoms with van der Waals surface area (Å²) in [6.45, 7) is 9.07. The summed E-state index contributed by atoms with van der Waals surface area (Å²) in [5.74, 6) is 0.627. The lowest BCUT2D eigenvalue weighted by molar-refractivity contribution is 0.519. The zero-order chi connectivity index (χ0) is 19.0. The number of unbranched alkanes of at least 4 members (excludes halogenated alkanes) is 15. The number of hydrogen-bond donors (Lipinski definition) is 0. The standard InChI is InChI=1S/C26H47/c1-5-6-7-8-9-10-11-12-13-14-15-16-17-18-19-20-21-26-22-23(2)24(3)25(26)4/h26H,5-21H2,1-4H3. The first-order chi connectivity index (χ1) is 12.7. The normalized spacial score (nSPS) is 17.2. The summed E-state index contributed by atoms with van der Waals surface area (Å²) in [5, 5.41) is 0. The molecule has 1 radical (unpaired) electrons. The number of rotatable bonds is 17. The van der Waals surface area contributed by atoms with Crippen LogP contribution in [-0.2, 0) is 0 Å². The van der Waals surface area contributed by atoms with Gasteiger partial charge in [-0.1, -0.05) is 115 Å². The Labute approximate surface area is 165 Å². The van der Waals surface area contributed by atoms with E-state index in [0.29, 0.717) is 5.92 Å². The van der Waals surface area contributed by atoms with Crippen molar-refractivity contribution < 1.29 is 0 Å². The van der Waals surface area contributed by atoms with Crippen LogP contribution in [0.2, 0.25) is 0 Å². The maximum atomic E-state index is 3.65. The molecule has 0 saturated carbocycles. The minimum absolute atomic E-state index is 0.627. The predicted molar refractivity (Wildman–Crippen MR) is 118 cm³/mol. The largest absolute Gasteiger partial charge is 0.0654 e. The molecule has 0 N–H and O–H groups in total. The van der Waals surface area contributed by atoms with Crippen LogP contribution in [0, 0.1) is 12.0 Å². The fourth-order valence-corrected chi connectivity index (χ4v) is 4.22. The quantitative estimate of drug-likeness (QED) is 0.227. The molecule has 0 amide bonds. The molecule has 1 unspecified atom stereocenters. The van der Waals surface area contributed by atoms with E-state index in [1.165, 1.54) is 120 Å². The van der Waals surface area contributed by atoms with Crippen molar-refractivity contribution in [3.63, 3.8) is 0 Å². The van der Waals surface area contributed by atoms with E-state index in [1.807, 2.05) is 0 Å². The highest BCUT2D eigenvalue weighted by Crippen LogP contribution is 2.32. The monoisotopic (exact) mass is 359 g/mol. The molecule has 1 atom stereocenters. The van der Waals surface area contributed by atoms with Crippen molar-refractivity contribution in [2.45, 2.75) is 137 Å². The van der Waals surface area contributed by atoms with E-state index in [2.05, 4.69) is 33.8 Å². The molecular formula is C26H47. The average molecular weight is 360 g/mol. The van der Waals surface area contributed by atoms with E-state index in [1.54, 1.807) is 5.57 Å². The summed E-state index contributed by atoms with van der Waals surface area (Å²) in [6.07, 6.45) is 28.2. The van der Waals surface area contributed by atoms with Crippen molar-refractivity contribution in [1.82, 2.24) is 0 Å². The van der Waals surface area contributed by atoms with Crippen molar-refractivity contribution in [2.75, 3.05) is 0 Å². The van der Waals surface area contributed by atoms with Gasteiger partial charge < -0.3 is 0 Å². The first kappa shape index (κ1) is 23.5. The van der Waals surface area contributed by atoms with Crippen LogP contribution in [0.4, 0.5) is 0 Å². The third kappa shape index (κ3) is 10.6. The van der Waals surface area contributed by atoms with Crippen LogP contribution in [0.25, 0.3) is 0 Å². The fourth-order valence-electron chi connectivity index (χ4n) is 4.22. The van der Waals surface area contributed by atoms with Gasteiger partial charge in [-0.3, -0.25) is 0 Å². The summed E-state index contributed by atoms with van der Waals surface area (Å²) in [7, 11) is 0. The van der Waals surface area contributed by atoms with Crippen LogP contribution in [-0.4, -0.2) is 0 Å². The molecule has 0 nitrogen and oxygen atoms in total. The third-order valence-electron chi connectivity index (χ3n) is 6.41. The van der Waals surface area contributed by atoms with Gasteiger partial charge in [0.05, 0.1) is 0 Å². The van der Waals surface area contributed by atoms with E-state index < -0.39 is 0 Å². The van der Waals surface area contributed by atoms with Crippen molar-refractivity contribution in [3.8, 4) is 0 Å². The van der Waals surface area contributed by atoms with Gasteiger partial charge in [0.2, 0.25) is 0 Å². The molecule has 0 aromatic carbocycles. The highest BCUT2D eigenvalue weighted by molar-refractivity contribution is 5.38. The van der Waals surface area contributed by atoms with Crippen LogP contribution in [0.5, 0.6) is 0 Å². The smallest absolute Gasteiger partial charge is 0.00569 e. The molecule has 0 saturated heterocycles. The molecule has 1 aliphatic rings. The minimum Gasteiger partial charge on any atom is -0.0654 e. The lowest BCUT2D eigenvalue weighted by Crippen LogP contribution is -1.96. The molecular weight excluding hydrogens is 312 g/mol. The predicted octanol–water partition coefficient (Wildman–Crippen LogP) is 9.35. The molecule has 26 heavy (non-hydrogen) atoms. The molecule has 0 heterocycles. The third-order valence-corrected chi connectivity index (χ3v) is 6.41. The Balaban J connectivity index is 1.78. The van der Waals surface area contributed by atoms with Crippen LogP contribution in [0.3, 0.4) is 0 Å². The van der Waals surface area contributed by atoms with Crippen LogP contribution < -0.4 is 0 Å². The molecule has 0 heteroatoms. The van der Waals surface area contributed by atoms with E-state index in [4.69, 9.17) is 0 Å². The van der Waals surface area contributed by atoms with Gasteiger partial charge in [-0.05, 0) is 44.4 Å². The molecule has 0 aliphatic heterocycles. The number of allylic oxidation sites excluding steroid dienone is 4. The maximum Gasteiger partial charge on any atom is 0.00569 e. The van der Waals surface area contributed by atoms with Crippen LogP contribution >= 0.6 is 0 Å². The average Bonchev–Trinajstić information content (AvgIpc) is 2.88. The topological polar surface area (TPSA) is 0 Å². The Bertz CT molecular complexity index is 398. The molecule has 1 rings (SSSR count). The van der Waals surface area contributed by atoms with Crippen molar-refractivity contribution in [3.05, 3.63) is 22.8 Å². The van der Waals surface area contributed by atoms with Gasteiger partial charge in [0, 0.05) is 5.92 Å². The molecule has 151 valence electrons. The summed E-state index contributed by atoms with van der Waals surface area (Å²) >= 11 is 0. The number of hydrogen-bond acceptors (Lipinski definition) is 0. The second-order valence-corrected chi connectivity index (χ2v) is 8.72. The summed E-state index contributed by atoms with van der Waals surface area (Å²) < 4.78 is 0. The molecule has 1 aliphatic carbocycles. The van der Waals surface area contributed by atoms with E-state index in [-0.39, 0.29) is 0 Å². The zero-order valence-electron chi connectivity index (χ0n) is 18.6. The van der Waals surface area contributed by atoms with E-state index in [9.17, 15) is 0 Å². The van der Waals surface area contributed by atoms with E-state index in [0.717, 1.165) is 0 Å². The Hall–Kier alpha value is -0.520. The van der Waals surface area contributed by atoms with Gasteiger partial charge in [0.1, 0.15) is 0 Å². The SMILES string of the molecule is CCCCCCCCCCCCCCCCCCC1[C]=C(C)C(C)=C1C. The van der Waals surface area contributed by atoms with Gasteiger partial charge in [0.25, 0.3) is 0 Å². The highest BCUT2D eigenvalue weighted by atomic mass is 14.2. The minimum atomic E-state index is 0.627. The van der Waals surface area contributed by atoms with E-state index >= 15 is 0 Å². The van der Waals surface area contributed by atoms with Gasteiger partial charge >= 0.3 is 0 Å². The molecule has 0 aromatic rings. The van der Waals surface area contributed by atoms with Crippen molar-refractivity contribution in [2.24, 2.45) is 5.92 Å². The zero-order valence-corrected chi connectivity index (χ0v) is 18.6. The second-order valence-electron chi connectivity index (χ2n) is 8.72. The summed E-state index contributed by atoms with van der Waals surface area (Å²) in [4.78, 5) is 0. The Morgan fingerprint density at radius 1 is 0.577 bits per heavy atom. The fraction of sp³-hybridized carbons (Fsp3) is 0.846. The molecule has 0 spiro atoms. The molecule has 0 fully saturated rings. The Morgan fingerprint density at radius 3 is 1.31 bits per heavy atom. The van der Waals surface area contributed by atoms with Gasteiger partial charge in [-0.2, -0.15) is 0 Å². The van der Waals surface area contributed by atoms with Crippen LogP contribution in [0.1, 0.15) is 137 Å². The summed E-state index contributed by atoms with van der Waals surface area (Å²) in [6, 6.07) is 0. The maximum absolute atomic E-state index is 3.65. The van der Waals surface area contributed by atoms with Crippen LogP contribution in [0.15, 0.2) is 16.7 Å². The highest BCUT2D eigenvalue weighted by Gasteiger charge is 2.18. The second kappa shape index (κ2) is 15.5. The molecule has 0 bridgehead atoms. The van der Waals surface area contributed by atoms with Gasteiger partial charge in [0.15, 0.2) is 0 Å². The lowest BCUT2D eigenvalue weighted by atomic mass is 9.95. The van der Waals surface area contributed by atoms with Crippen molar-refractivity contribution >= 4 is 0 Å². The van der Waals surface area contributed by atoms with Gasteiger partial charge in [-0.15, -0.1) is 0 Å². The summed E-state index contributed by atoms with van der Waals surface area (Å²) in [5.41, 5.74) is 4.46. The van der Waals surface area contributed by atoms with Gasteiger partial charge in [-0.25, -0.2) is 0 Å². The molecule has 0 aromatic heterocycles. The first-order valence-electron chi connectivity index (χ1n) is 11.9. The lowest BCUT2D eigenvalue weighted by Gasteiger charge is -2.10. The first-order valence-corrected chi connectivity index (χ1v) is 11.9.